The lowest BCUT2D eigenvalue weighted by atomic mass is 10.2. The summed E-state index contributed by atoms with van der Waals surface area (Å²) in [4.78, 5) is 12.3. The summed E-state index contributed by atoms with van der Waals surface area (Å²) in [6.07, 6.45) is 1.42. The number of ether oxygens (including phenoxy) is 2. The van der Waals surface area contributed by atoms with E-state index in [-0.39, 0.29) is 23.2 Å². The molecule has 162 valence electrons. The third kappa shape index (κ3) is 4.90. The first-order valence-electron chi connectivity index (χ1n) is 9.60. The van der Waals surface area contributed by atoms with Gasteiger partial charge in [-0.2, -0.15) is 5.10 Å². The smallest absolute Gasteiger partial charge is 0.307 e. The summed E-state index contributed by atoms with van der Waals surface area (Å²) in [6, 6.07) is 18.3. The molecule has 8 heteroatoms. The average molecular weight is 453 g/mol. The third-order valence-corrected chi connectivity index (χ3v) is 4.83. The number of hydrogen-bond acceptors (Lipinski definition) is 5. The molecule has 4 rings (SSSR count). The topological polar surface area (TPSA) is 73.1 Å². The minimum Gasteiger partial charge on any atom is -0.493 e. The van der Waals surface area contributed by atoms with Gasteiger partial charge in [-0.1, -0.05) is 41.9 Å². The molecule has 0 spiro atoms. The van der Waals surface area contributed by atoms with Crippen molar-refractivity contribution in [3.63, 3.8) is 0 Å². The molecule has 6 nitrogen and oxygen atoms in total. The van der Waals surface area contributed by atoms with Gasteiger partial charge in [-0.15, -0.1) is 0 Å². The number of carbonyl (C=O) groups is 1. The van der Waals surface area contributed by atoms with E-state index in [9.17, 15) is 9.18 Å². The van der Waals surface area contributed by atoms with E-state index in [1.165, 1.54) is 25.5 Å². The van der Waals surface area contributed by atoms with Gasteiger partial charge < -0.3 is 13.9 Å². The molecule has 32 heavy (non-hydrogen) atoms. The summed E-state index contributed by atoms with van der Waals surface area (Å²) in [5.41, 5.74) is 4.27. The number of fused-ring (bicyclic) bond motifs is 1. The SMILES string of the molecule is COc1cc(/C=N/NC(=O)c2cc3ccccc3o2)cc(Cl)c1OCc1cccc(F)c1. The van der Waals surface area contributed by atoms with Crippen molar-refractivity contribution in [1.29, 1.82) is 0 Å². The summed E-state index contributed by atoms with van der Waals surface area (Å²) in [5, 5.41) is 5.07. The van der Waals surface area contributed by atoms with Gasteiger partial charge in [-0.05, 0) is 47.5 Å². The predicted molar refractivity (Wildman–Crippen MR) is 120 cm³/mol. The van der Waals surface area contributed by atoms with Crippen molar-refractivity contribution < 1.29 is 23.1 Å². The van der Waals surface area contributed by atoms with Crippen molar-refractivity contribution in [3.05, 3.63) is 94.5 Å². The molecule has 0 bridgehead atoms. The Balaban J connectivity index is 1.44. The highest BCUT2D eigenvalue weighted by Gasteiger charge is 2.13. The summed E-state index contributed by atoms with van der Waals surface area (Å²) >= 11 is 6.35. The molecule has 1 N–H and O–H groups in total. The molecule has 0 aliphatic rings. The normalized spacial score (nSPS) is 11.1. The standard InChI is InChI=1S/C24H18ClFN2O4/c1-30-21-11-16(10-19(25)23(21)31-14-15-5-4-7-18(26)9-15)13-27-28-24(29)22-12-17-6-2-3-8-20(17)32-22/h2-13H,14H2,1H3,(H,28,29)/b27-13+. The Morgan fingerprint density at radius 1 is 1.16 bits per heavy atom. The molecule has 0 fully saturated rings. The molecule has 0 unspecified atom stereocenters. The zero-order valence-corrected chi connectivity index (χ0v) is 17.7. The number of nitrogens with one attached hydrogen (secondary N) is 1. The first kappa shape index (κ1) is 21.4. The third-order valence-electron chi connectivity index (χ3n) is 4.55. The maximum atomic E-state index is 13.4. The number of nitrogens with zero attached hydrogens (tertiary/aromatic N) is 1. The average Bonchev–Trinajstić information content (AvgIpc) is 3.22. The fourth-order valence-electron chi connectivity index (χ4n) is 3.05. The van der Waals surface area contributed by atoms with Crippen LogP contribution in [0, 0.1) is 5.82 Å². The minimum absolute atomic E-state index is 0.120. The number of para-hydroxylation sites is 1. The highest BCUT2D eigenvalue weighted by atomic mass is 35.5. The number of hydrogen-bond donors (Lipinski definition) is 1. The van der Waals surface area contributed by atoms with E-state index in [4.69, 9.17) is 25.5 Å². The second-order valence-corrected chi connectivity index (χ2v) is 7.21. The Morgan fingerprint density at radius 2 is 2.00 bits per heavy atom. The van der Waals surface area contributed by atoms with Crippen LogP contribution in [0.25, 0.3) is 11.0 Å². The largest absolute Gasteiger partial charge is 0.493 e. The molecule has 0 saturated carbocycles. The molecule has 0 aliphatic heterocycles. The predicted octanol–water partition coefficient (Wildman–Crippen LogP) is 5.58. The van der Waals surface area contributed by atoms with Crippen LogP contribution in [-0.4, -0.2) is 19.2 Å². The van der Waals surface area contributed by atoms with Crippen LogP contribution in [0.15, 0.2) is 76.2 Å². The number of hydrazone groups is 1. The van der Waals surface area contributed by atoms with Crippen LogP contribution >= 0.6 is 11.6 Å². The number of furan rings is 1. The quantitative estimate of drug-likeness (QED) is 0.293. The first-order valence-corrected chi connectivity index (χ1v) is 9.98. The molecular formula is C24H18ClFN2O4. The summed E-state index contributed by atoms with van der Waals surface area (Å²) < 4.78 is 30.0. The minimum atomic E-state index is -0.481. The molecule has 0 radical (unpaired) electrons. The maximum absolute atomic E-state index is 13.4. The maximum Gasteiger partial charge on any atom is 0.307 e. The van der Waals surface area contributed by atoms with Gasteiger partial charge in [0, 0.05) is 5.39 Å². The molecule has 1 aromatic heterocycles. The Morgan fingerprint density at radius 3 is 2.78 bits per heavy atom. The molecule has 1 amide bonds. The monoisotopic (exact) mass is 452 g/mol. The lowest BCUT2D eigenvalue weighted by Gasteiger charge is -2.13. The zero-order chi connectivity index (χ0) is 22.5. The molecule has 4 aromatic rings. The van der Waals surface area contributed by atoms with Gasteiger partial charge in [0.15, 0.2) is 17.3 Å². The summed E-state index contributed by atoms with van der Waals surface area (Å²) in [6.45, 7) is 0.120. The lowest BCUT2D eigenvalue weighted by Crippen LogP contribution is -2.16. The summed E-state index contributed by atoms with van der Waals surface area (Å²) in [7, 11) is 1.48. The number of amides is 1. The van der Waals surface area contributed by atoms with Crippen molar-refractivity contribution in [1.82, 2.24) is 5.43 Å². The number of methoxy groups -OCH3 is 1. The van der Waals surface area contributed by atoms with Crippen molar-refractivity contribution in [2.75, 3.05) is 7.11 Å². The van der Waals surface area contributed by atoms with Gasteiger partial charge in [0.1, 0.15) is 18.0 Å². The van der Waals surface area contributed by atoms with E-state index in [1.807, 2.05) is 18.2 Å². The highest BCUT2D eigenvalue weighted by Crippen LogP contribution is 2.36. The molecule has 0 atom stereocenters. The van der Waals surface area contributed by atoms with Crippen LogP contribution < -0.4 is 14.9 Å². The fourth-order valence-corrected chi connectivity index (χ4v) is 3.32. The molecular weight excluding hydrogens is 435 g/mol. The highest BCUT2D eigenvalue weighted by molar-refractivity contribution is 6.32. The number of rotatable bonds is 7. The van der Waals surface area contributed by atoms with Crippen molar-refractivity contribution in [2.24, 2.45) is 5.10 Å². The lowest BCUT2D eigenvalue weighted by molar-refractivity contribution is 0.0929. The fraction of sp³-hybridized carbons (Fsp3) is 0.0833. The van der Waals surface area contributed by atoms with E-state index in [0.29, 0.717) is 28.2 Å². The Bertz CT molecular complexity index is 1270. The molecule has 3 aromatic carbocycles. The number of carbonyl (C=O) groups excluding carboxylic acids is 1. The van der Waals surface area contributed by atoms with Crippen molar-refractivity contribution in [2.45, 2.75) is 6.61 Å². The first-order chi connectivity index (χ1) is 15.5. The van der Waals surface area contributed by atoms with Crippen LogP contribution in [0.1, 0.15) is 21.7 Å². The van der Waals surface area contributed by atoms with E-state index >= 15 is 0 Å². The van der Waals surface area contributed by atoms with E-state index in [0.717, 1.165) is 5.39 Å². The second-order valence-electron chi connectivity index (χ2n) is 6.80. The van der Waals surface area contributed by atoms with Gasteiger partial charge in [0.25, 0.3) is 0 Å². The Labute approximate surface area is 188 Å². The summed E-state index contributed by atoms with van der Waals surface area (Å²) in [5.74, 6) is 0.0203. The van der Waals surface area contributed by atoms with E-state index in [2.05, 4.69) is 10.5 Å². The van der Waals surface area contributed by atoms with Gasteiger partial charge in [-0.3, -0.25) is 4.79 Å². The molecule has 1 heterocycles. The number of benzene rings is 3. The zero-order valence-electron chi connectivity index (χ0n) is 17.0. The molecule has 0 saturated heterocycles. The molecule has 0 aliphatic carbocycles. The van der Waals surface area contributed by atoms with Gasteiger partial charge in [0.05, 0.1) is 18.3 Å². The van der Waals surface area contributed by atoms with Gasteiger partial charge >= 0.3 is 5.91 Å². The van der Waals surface area contributed by atoms with Crippen LogP contribution in [0.4, 0.5) is 4.39 Å². The second kappa shape index (κ2) is 9.53. The Kier molecular flexibility index (Phi) is 6.37. The van der Waals surface area contributed by atoms with Crippen LogP contribution in [0.2, 0.25) is 5.02 Å². The van der Waals surface area contributed by atoms with Crippen molar-refractivity contribution in [3.8, 4) is 11.5 Å². The van der Waals surface area contributed by atoms with Crippen molar-refractivity contribution >= 4 is 34.7 Å². The Hall–Kier alpha value is -3.84. The van der Waals surface area contributed by atoms with Crippen LogP contribution in [0.5, 0.6) is 11.5 Å². The van der Waals surface area contributed by atoms with Gasteiger partial charge in [0.2, 0.25) is 0 Å². The van der Waals surface area contributed by atoms with E-state index < -0.39 is 5.91 Å². The van der Waals surface area contributed by atoms with Crippen LogP contribution in [0.3, 0.4) is 0 Å². The van der Waals surface area contributed by atoms with E-state index in [1.54, 1.807) is 36.4 Å². The van der Waals surface area contributed by atoms with Gasteiger partial charge in [-0.25, -0.2) is 9.82 Å². The van der Waals surface area contributed by atoms with Crippen LogP contribution in [-0.2, 0) is 6.61 Å². The number of halogens is 2.